The molecule has 0 spiro atoms. The van der Waals surface area contributed by atoms with Crippen molar-refractivity contribution in [1.82, 2.24) is 0 Å². The van der Waals surface area contributed by atoms with Gasteiger partial charge in [-0.2, -0.15) is 0 Å². The maximum atomic E-state index is 13.2. The third kappa shape index (κ3) is 3.76. The average molecular weight is 355 g/mol. The summed E-state index contributed by atoms with van der Waals surface area (Å²) < 4.78 is 31.6. The maximum absolute atomic E-state index is 13.2. The zero-order valence-electron chi connectivity index (χ0n) is 12.8. The number of nitrogen functional groups attached to an aromatic ring is 1. The van der Waals surface area contributed by atoms with Crippen molar-refractivity contribution in [3.8, 4) is 5.75 Å². The third-order valence-electron chi connectivity index (χ3n) is 3.76. The second-order valence-electron chi connectivity index (χ2n) is 5.41. The first kappa shape index (κ1) is 18.0. The number of rotatable bonds is 4. The van der Waals surface area contributed by atoms with E-state index in [1.165, 1.54) is 6.07 Å². The average Bonchev–Trinajstić information content (AvgIpc) is 2.95. The van der Waals surface area contributed by atoms with Gasteiger partial charge in [-0.1, -0.05) is 6.07 Å². The van der Waals surface area contributed by atoms with Gasteiger partial charge in [-0.3, -0.25) is 4.79 Å². The molecule has 0 unspecified atom stereocenters. The molecule has 1 aliphatic rings. The smallest absolute Gasteiger partial charge is 0.227 e. The number of anilines is 2. The Morgan fingerprint density at radius 1 is 1.12 bits per heavy atom. The summed E-state index contributed by atoms with van der Waals surface area (Å²) in [6.07, 6.45) is 1.39. The zero-order valence-corrected chi connectivity index (χ0v) is 13.6. The van der Waals surface area contributed by atoms with Crippen LogP contribution >= 0.6 is 12.4 Å². The van der Waals surface area contributed by atoms with Gasteiger partial charge in [0.1, 0.15) is 12.4 Å². The molecule has 0 aromatic heterocycles. The highest BCUT2D eigenvalue weighted by molar-refractivity contribution is 5.95. The molecular weight excluding hydrogens is 338 g/mol. The van der Waals surface area contributed by atoms with E-state index in [4.69, 9.17) is 10.5 Å². The summed E-state index contributed by atoms with van der Waals surface area (Å²) in [6.45, 7) is 0.761. The van der Waals surface area contributed by atoms with E-state index < -0.39 is 11.6 Å². The molecule has 0 radical (unpaired) electrons. The molecule has 128 valence electrons. The van der Waals surface area contributed by atoms with Crippen LogP contribution in [0.25, 0.3) is 0 Å². The molecule has 2 N–H and O–H groups in total. The predicted molar refractivity (Wildman–Crippen MR) is 90.4 cm³/mol. The van der Waals surface area contributed by atoms with E-state index >= 15 is 0 Å². The second kappa shape index (κ2) is 7.49. The topological polar surface area (TPSA) is 55.6 Å². The minimum Gasteiger partial charge on any atom is -0.487 e. The fourth-order valence-electron chi connectivity index (χ4n) is 2.55. The Morgan fingerprint density at radius 3 is 2.54 bits per heavy atom. The quantitative estimate of drug-likeness (QED) is 0.852. The van der Waals surface area contributed by atoms with Crippen LogP contribution < -0.4 is 15.4 Å². The van der Waals surface area contributed by atoms with E-state index in [0.29, 0.717) is 30.0 Å². The molecule has 1 heterocycles. The number of benzene rings is 2. The summed E-state index contributed by atoms with van der Waals surface area (Å²) in [4.78, 5) is 13.4. The Hall–Kier alpha value is -2.34. The number of amides is 1. The minimum absolute atomic E-state index is 0. The van der Waals surface area contributed by atoms with Gasteiger partial charge in [-0.15, -0.1) is 12.4 Å². The van der Waals surface area contributed by atoms with Gasteiger partial charge >= 0.3 is 0 Å². The Morgan fingerprint density at radius 2 is 1.92 bits per heavy atom. The molecule has 2 aromatic carbocycles. The predicted octanol–water partition coefficient (Wildman–Crippen LogP) is 3.67. The highest BCUT2D eigenvalue weighted by Gasteiger charge is 2.22. The first-order valence-electron chi connectivity index (χ1n) is 7.31. The van der Waals surface area contributed by atoms with Crippen LogP contribution in [0.2, 0.25) is 0 Å². The van der Waals surface area contributed by atoms with Gasteiger partial charge in [0.15, 0.2) is 11.6 Å². The van der Waals surface area contributed by atoms with Crippen LogP contribution in [0.3, 0.4) is 0 Å². The molecule has 7 heteroatoms. The van der Waals surface area contributed by atoms with E-state index in [1.54, 1.807) is 23.1 Å². The number of nitrogens with two attached hydrogens (primary N) is 1. The number of halogens is 3. The van der Waals surface area contributed by atoms with Crippen molar-refractivity contribution in [2.24, 2.45) is 0 Å². The highest BCUT2D eigenvalue weighted by atomic mass is 35.5. The molecule has 4 nitrogen and oxygen atoms in total. The number of nitrogens with zero attached hydrogens (tertiary/aromatic N) is 1. The number of carbonyl (C=O) groups excluding carboxylic acids is 1. The van der Waals surface area contributed by atoms with Gasteiger partial charge in [0, 0.05) is 18.7 Å². The van der Waals surface area contributed by atoms with Gasteiger partial charge in [0.05, 0.1) is 5.69 Å². The van der Waals surface area contributed by atoms with Crippen molar-refractivity contribution >= 4 is 29.7 Å². The summed E-state index contributed by atoms with van der Waals surface area (Å²) in [6, 6.07) is 8.72. The third-order valence-corrected chi connectivity index (χ3v) is 3.76. The Balaban J connectivity index is 0.00000208. The maximum Gasteiger partial charge on any atom is 0.227 e. The van der Waals surface area contributed by atoms with Crippen LogP contribution in [0.15, 0.2) is 36.4 Å². The summed E-state index contributed by atoms with van der Waals surface area (Å²) in [5, 5.41) is 0. The Labute approximate surface area is 144 Å². The van der Waals surface area contributed by atoms with Crippen molar-refractivity contribution in [2.75, 3.05) is 17.2 Å². The van der Waals surface area contributed by atoms with Gasteiger partial charge in [0.2, 0.25) is 5.91 Å². The number of hydrogen-bond donors (Lipinski definition) is 1. The molecule has 0 atom stereocenters. The van der Waals surface area contributed by atoms with Crippen LogP contribution in [-0.4, -0.2) is 12.5 Å². The normalized spacial score (nSPS) is 13.8. The molecule has 1 amide bonds. The van der Waals surface area contributed by atoms with Crippen LogP contribution in [0.1, 0.15) is 18.4 Å². The lowest BCUT2D eigenvalue weighted by molar-refractivity contribution is -0.117. The fourth-order valence-corrected chi connectivity index (χ4v) is 2.55. The van der Waals surface area contributed by atoms with Gasteiger partial charge in [0.25, 0.3) is 0 Å². The fraction of sp³-hybridized carbons (Fsp3) is 0.235. The Kier molecular flexibility index (Phi) is 5.62. The van der Waals surface area contributed by atoms with Gasteiger partial charge in [-0.05, 0) is 42.3 Å². The standard InChI is InChI=1S/C17H16F2N2O2.ClH/c18-13-5-3-11(8-14(13)19)10-23-16-6-4-12(9-15(16)20)21-7-1-2-17(21)22;/h3-6,8-9H,1-2,7,10,20H2;1H. The van der Waals surface area contributed by atoms with E-state index in [0.717, 1.165) is 24.2 Å². The van der Waals surface area contributed by atoms with E-state index in [1.807, 2.05) is 0 Å². The molecule has 1 aliphatic heterocycles. The number of carbonyl (C=O) groups is 1. The zero-order chi connectivity index (χ0) is 16.4. The van der Waals surface area contributed by atoms with Gasteiger partial charge < -0.3 is 15.4 Å². The molecule has 2 aromatic rings. The summed E-state index contributed by atoms with van der Waals surface area (Å²) in [5.41, 5.74) is 7.59. The molecular formula is C17H17ClF2N2O2. The minimum atomic E-state index is -0.915. The second-order valence-corrected chi connectivity index (χ2v) is 5.41. The monoisotopic (exact) mass is 354 g/mol. The Bertz CT molecular complexity index is 755. The molecule has 0 aliphatic carbocycles. The summed E-state index contributed by atoms with van der Waals surface area (Å²) in [5.74, 6) is -1.29. The SMILES string of the molecule is Cl.Nc1cc(N2CCCC2=O)ccc1OCc1ccc(F)c(F)c1. The van der Waals surface area contributed by atoms with Crippen LogP contribution in [-0.2, 0) is 11.4 Å². The van der Waals surface area contributed by atoms with Gasteiger partial charge in [-0.25, -0.2) is 8.78 Å². The first-order chi connectivity index (χ1) is 11.0. The van der Waals surface area contributed by atoms with Crippen LogP contribution in [0.5, 0.6) is 5.75 Å². The van der Waals surface area contributed by atoms with E-state index in [-0.39, 0.29) is 24.9 Å². The van der Waals surface area contributed by atoms with E-state index in [2.05, 4.69) is 0 Å². The van der Waals surface area contributed by atoms with Crippen LogP contribution in [0, 0.1) is 11.6 Å². The van der Waals surface area contributed by atoms with E-state index in [9.17, 15) is 13.6 Å². The van der Waals surface area contributed by atoms with Crippen molar-refractivity contribution < 1.29 is 18.3 Å². The highest BCUT2D eigenvalue weighted by Crippen LogP contribution is 2.30. The number of hydrogen-bond acceptors (Lipinski definition) is 3. The van der Waals surface area contributed by atoms with Crippen molar-refractivity contribution in [2.45, 2.75) is 19.4 Å². The summed E-state index contributed by atoms with van der Waals surface area (Å²) >= 11 is 0. The molecule has 24 heavy (non-hydrogen) atoms. The summed E-state index contributed by atoms with van der Waals surface area (Å²) in [7, 11) is 0. The van der Waals surface area contributed by atoms with Crippen LogP contribution in [0.4, 0.5) is 20.2 Å². The number of ether oxygens (including phenoxy) is 1. The molecule has 0 bridgehead atoms. The van der Waals surface area contributed by atoms with Crippen molar-refractivity contribution in [1.29, 1.82) is 0 Å². The lowest BCUT2D eigenvalue weighted by Gasteiger charge is -2.17. The van der Waals surface area contributed by atoms with Crippen molar-refractivity contribution in [3.05, 3.63) is 53.6 Å². The lowest BCUT2D eigenvalue weighted by atomic mass is 10.2. The molecule has 3 rings (SSSR count). The van der Waals surface area contributed by atoms with Crippen molar-refractivity contribution in [3.63, 3.8) is 0 Å². The molecule has 1 saturated heterocycles. The first-order valence-corrected chi connectivity index (χ1v) is 7.31. The largest absolute Gasteiger partial charge is 0.487 e. The molecule has 0 saturated carbocycles. The molecule has 1 fully saturated rings. The lowest BCUT2D eigenvalue weighted by Crippen LogP contribution is -2.23.